The van der Waals surface area contributed by atoms with Crippen molar-refractivity contribution in [2.24, 2.45) is 0 Å². The van der Waals surface area contributed by atoms with Crippen LogP contribution in [0.1, 0.15) is 38.5 Å². The summed E-state index contributed by atoms with van der Waals surface area (Å²) in [6.45, 7) is 0.477. The van der Waals surface area contributed by atoms with Crippen molar-refractivity contribution in [2.75, 3.05) is 18.6 Å². The minimum atomic E-state index is -3.75. The number of unbranched alkanes of at least 4 members (excludes halogenated alkanes) is 2. The predicted molar refractivity (Wildman–Crippen MR) is 120 cm³/mol. The lowest BCUT2D eigenvalue weighted by atomic mass is 10.2. The van der Waals surface area contributed by atoms with Crippen LogP contribution in [0.2, 0.25) is 0 Å². The quantitative estimate of drug-likeness (QED) is 0.239. The van der Waals surface area contributed by atoms with Crippen molar-refractivity contribution in [3.05, 3.63) is 24.4 Å². The third-order valence-corrected chi connectivity index (χ3v) is 8.02. The van der Waals surface area contributed by atoms with Gasteiger partial charge in [-0.2, -0.15) is 0 Å². The fourth-order valence-corrected chi connectivity index (χ4v) is 5.46. The second kappa shape index (κ2) is 12.8. The van der Waals surface area contributed by atoms with E-state index in [4.69, 9.17) is 4.84 Å². The Morgan fingerprint density at radius 3 is 2.66 bits per heavy atom. The molecule has 0 aliphatic carbocycles. The molecule has 1 N–H and O–H groups in total. The van der Waals surface area contributed by atoms with E-state index < -0.39 is 39.3 Å². The van der Waals surface area contributed by atoms with E-state index in [0.717, 1.165) is 11.3 Å². The van der Waals surface area contributed by atoms with Crippen LogP contribution < -0.4 is 5.32 Å². The average molecular weight is 504 g/mol. The summed E-state index contributed by atoms with van der Waals surface area (Å²) in [5.74, 6) is -2.06. The van der Waals surface area contributed by atoms with Crippen molar-refractivity contribution in [3.8, 4) is 0 Å². The number of imide groups is 1. The Morgan fingerprint density at radius 2 is 2.00 bits per heavy atom. The summed E-state index contributed by atoms with van der Waals surface area (Å²) in [5.41, 5.74) is 0. The molecule has 10 nitrogen and oxygen atoms in total. The Labute approximate surface area is 194 Å². The molecule has 2 rings (SSSR count). The second-order valence-electron chi connectivity index (χ2n) is 7.00. The van der Waals surface area contributed by atoms with Gasteiger partial charge in [-0.15, -0.1) is 5.06 Å². The van der Waals surface area contributed by atoms with Gasteiger partial charge in [0, 0.05) is 37.6 Å². The average Bonchev–Trinajstić information content (AvgIpc) is 3.03. The first kappa shape index (κ1) is 26.1. The van der Waals surface area contributed by atoms with Gasteiger partial charge in [-0.05, 0) is 35.8 Å². The molecular formula is C19H25N3O7S3. The van der Waals surface area contributed by atoms with E-state index >= 15 is 0 Å². The first-order valence-electron chi connectivity index (χ1n) is 9.92. The van der Waals surface area contributed by atoms with Crippen molar-refractivity contribution in [3.63, 3.8) is 0 Å². The molecule has 1 aliphatic heterocycles. The molecule has 1 saturated heterocycles. The maximum absolute atomic E-state index is 11.9. The zero-order valence-electron chi connectivity index (χ0n) is 17.5. The Morgan fingerprint density at radius 1 is 1.22 bits per heavy atom. The molecule has 0 aromatic carbocycles. The van der Waals surface area contributed by atoms with Crippen molar-refractivity contribution in [2.45, 2.75) is 48.8 Å². The molecule has 1 aromatic heterocycles. The molecule has 2 heterocycles. The van der Waals surface area contributed by atoms with E-state index in [1.807, 2.05) is 18.2 Å². The monoisotopic (exact) mass is 503 g/mol. The number of hydroxylamine groups is 2. The maximum Gasteiger partial charge on any atom is 0.333 e. The lowest BCUT2D eigenvalue weighted by Crippen LogP contribution is -2.36. The highest BCUT2D eigenvalue weighted by atomic mass is 33.1. The number of carbonyl (C=O) groups is 4. The van der Waals surface area contributed by atoms with Crippen molar-refractivity contribution >= 4 is 55.1 Å². The van der Waals surface area contributed by atoms with Gasteiger partial charge in [0.1, 0.15) is 5.03 Å². The van der Waals surface area contributed by atoms with Crippen LogP contribution in [0.3, 0.4) is 0 Å². The van der Waals surface area contributed by atoms with Crippen LogP contribution in [0.25, 0.3) is 0 Å². The number of nitrogens with one attached hydrogen (secondary N) is 1. The normalized spacial score (nSPS) is 16.3. The SMILES string of the molecule is CS(=O)(=O)C1CC(=O)N(OC(=O)CCCCCNC(=O)CCSSc2ccccn2)C1=O. The number of sulfone groups is 1. The van der Waals surface area contributed by atoms with E-state index in [-0.39, 0.29) is 17.4 Å². The van der Waals surface area contributed by atoms with Crippen LogP contribution in [-0.4, -0.2) is 66.0 Å². The highest BCUT2D eigenvalue weighted by Gasteiger charge is 2.46. The summed E-state index contributed by atoms with van der Waals surface area (Å²) < 4.78 is 23.0. The Hall–Kier alpha value is -2.12. The van der Waals surface area contributed by atoms with Gasteiger partial charge in [-0.25, -0.2) is 18.2 Å². The number of carbonyl (C=O) groups excluding carboxylic acids is 4. The van der Waals surface area contributed by atoms with Gasteiger partial charge in [-0.1, -0.05) is 23.3 Å². The van der Waals surface area contributed by atoms with Gasteiger partial charge in [0.15, 0.2) is 15.1 Å². The van der Waals surface area contributed by atoms with Crippen molar-refractivity contribution in [1.29, 1.82) is 0 Å². The molecule has 0 saturated carbocycles. The van der Waals surface area contributed by atoms with Crippen molar-refractivity contribution in [1.82, 2.24) is 15.4 Å². The minimum absolute atomic E-state index is 0.0318. The molecule has 3 amide bonds. The standard InChI is InChI=1S/C19H25N3O7S3/c1-32(27,28)14-13-17(24)22(19(14)26)29-18(25)8-3-2-5-10-20-15(23)9-12-30-31-16-7-4-6-11-21-16/h4,6-7,11,14H,2-3,5,8-10,12-13H2,1H3,(H,20,23). The van der Waals surface area contributed by atoms with Gasteiger partial charge < -0.3 is 10.2 Å². The fourth-order valence-electron chi connectivity index (χ4n) is 2.68. The summed E-state index contributed by atoms with van der Waals surface area (Å²) >= 11 is 0. The van der Waals surface area contributed by atoms with Crippen LogP contribution in [-0.2, 0) is 33.9 Å². The first-order chi connectivity index (χ1) is 15.2. The Kier molecular flexibility index (Phi) is 10.5. The van der Waals surface area contributed by atoms with E-state index in [0.29, 0.717) is 38.0 Å². The van der Waals surface area contributed by atoms with Gasteiger partial charge in [-0.3, -0.25) is 14.4 Å². The first-order valence-corrected chi connectivity index (χ1v) is 14.2. The molecule has 1 aliphatic rings. The van der Waals surface area contributed by atoms with Crippen molar-refractivity contribution < 1.29 is 32.4 Å². The number of nitrogens with zero attached hydrogens (tertiary/aromatic N) is 2. The molecule has 32 heavy (non-hydrogen) atoms. The maximum atomic E-state index is 11.9. The summed E-state index contributed by atoms with van der Waals surface area (Å²) in [5, 5.41) is 2.45. The number of hydrogen-bond acceptors (Lipinski definition) is 10. The van der Waals surface area contributed by atoms with E-state index in [9.17, 15) is 27.6 Å². The van der Waals surface area contributed by atoms with Crippen LogP contribution in [0.15, 0.2) is 29.4 Å². The summed E-state index contributed by atoms with van der Waals surface area (Å²) in [7, 11) is -0.676. The molecule has 176 valence electrons. The summed E-state index contributed by atoms with van der Waals surface area (Å²) in [6, 6.07) is 5.65. The zero-order valence-corrected chi connectivity index (χ0v) is 20.0. The molecule has 0 bridgehead atoms. The van der Waals surface area contributed by atoms with Gasteiger partial charge in [0.2, 0.25) is 5.91 Å². The predicted octanol–water partition coefficient (Wildman–Crippen LogP) is 1.52. The molecule has 1 atom stereocenters. The summed E-state index contributed by atoms with van der Waals surface area (Å²) in [4.78, 5) is 56.3. The fraction of sp³-hybridized carbons (Fsp3) is 0.526. The molecular weight excluding hydrogens is 478 g/mol. The molecule has 1 aromatic rings. The van der Waals surface area contributed by atoms with Gasteiger partial charge in [0.05, 0.1) is 6.42 Å². The summed E-state index contributed by atoms with van der Waals surface area (Å²) in [6.07, 6.45) is 4.14. The lowest BCUT2D eigenvalue weighted by Gasteiger charge is -2.13. The van der Waals surface area contributed by atoms with Crippen LogP contribution in [0.5, 0.6) is 0 Å². The number of amides is 3. The molecule has 13 heteroatoms. The number of aromatic nitrogens is 1. The van der Waals surface area contributed by atoms with Crippen LogP contribution in [0, 0.1) is 0 Å². The molecule has 1 unspecified atom stereocenters. The second-order valence-corrected chi connectivity index (χ2v) is 11.7. The largest absolute Gasteiger partial charge is 0.356 e. The topological polar surface area (TPSA) is 140 Å². The Balaban J connectivity index is 1.51. The Bertz CT molecular complexity index is 925. The third-order valence-electron chi connectivity index (χ3n) is 4.35. The molecule has 0 radical (unpaired) electrons. The highest BCUT2D eigenvalue weighted by molar-refractivity contribution is 8.76. The number of pyridine rings is 1. The number of hydrogen-bond donors (Lipinski definition) is 1. The smallest absolute Gasteiger partial charge is 0.333 e. The lowest BCUT2D eigenvalue weighted by molar-refractivity contribution is -0.197. The van der Waals surface area contributed by atoms with Gasteiger partial charge in [0.25, 0.3) is 11.8 Å². The minimum Gasteiger partial charge on any atom is -0.356 e. The van der Waals surface area contributed by atoms with Crippen LogP contribution >= 0.6 is 21.6 Å². The number of rotatable bonds is 13. The van der Waals surface area contributed by atoms with E-state index in [2.05, 4.69) is 10.3 Å². The third kappa shape index (κ3) is 8.79. The van der Waals surface area contributed by atoms with E-state index in [1.54, 1.807) is 17.0 Å². The highest BCUT2D eigenvalue weighted by Crippen LogP contribution is 2.29. The molecule has 1 fully saturated rings. The van der Waals surface area contributed by atoms with E-state index in [1.165, 1.54) is 10.8 Å². The van der Waals surface area contributed by atoms with Crippen LogP contribution in [0.4, 0.5) is 0 Å². The van der Waals surface area contributed by atoms with Gasteiger partial charge >= 0.3 is 5.97 Å². The zero-order chi connectivity index (χ0) is 23.6. The molecule has 0 spiro atoms.